The highest BCUT2D eigenvalue weighted by Gasteiger charge is 2.29. The van der Waals surface area contributed by atoms with Crippen molar-refractivity contribution in [1.29, 1.82) is 0 Å². The van der Waals surface area contributed by atoms with E-state index in [0.29, 0.717) is 35.4 Å². The fourth-order valence-electron chi connectivity index (χ4n) is 5.56. The lowest BCUT2D eigenvalue weighted by atomic mass is 9.96. The van der Waals surface area contributed by atoms with Gasteiger partial charge in [0.1, 0.15) is 17.1 Å². The van der Waals surface area contributed by atoms with E-state index in [0.717, 1.165) is 27.4 Å². The Bertz CT molecular complexity index is 1820. The van der Waals surface area contributed by atoms with Crippen molar-refractivity contribution < 1.29 is 28.3 Å². The largest absolute Gasteiger partial charge is 0.482 e. The number of carbonyl (C=O) groups excluding carboxylic acids is 4. The highest BCUT2D eigenvalue weighted by Crippen LogP contribution is 2.35. The van der Waals surface area contributed by atoms with E-state index in [-0.39, 0.29) is 47.9 Å². The zero-order chi connectivity index (χ0) is 29.7. The second-order valence-corrected chi connectivity index (χ2v) is 10.4. The molecule has 6 rings (SSSR count). The number of carbonyl (C=O) groups is 4. The summed E-state index contributed by atoms with van der Waals surface area (Å²) in [6.45, 7) is 3.48. The van der Waals surface area contributed by atoms with Gasteiger partial charge in [0.15, 0.2) is 23.9 Å². The van der Waals surface area contributed by atoms with Crippen LogP contribution in [0.25, 0.3) is 5.65 Å². The number of nitrogens with one attached hydrogen (secondary N) is 2. The van der Waals surface area contributed by atoms with Gasteiger partial charge in [-0.3, -0.25) is 19.2 Å². The van der Waals surface area contributed by atoms with Crippen LogP contribution in [0, 0.1) is 12.7 Å². The van der Waals surface area contributed by atoms with Gasteiger partial charge in [-0.15, -0.1) is 0 Å². The summed E-state index contributed by atoms with van der Waals surface area (Å²) in [6.07, 6.45) is 2.26. The molecule has 2 aliphatic rings. The van der Waals surface area contributed by atoms with Crippen molar-refractivity contribution in [2.24, 2.45) is 0 Å². The summed E-state index contributed by atoms with van der Waals surface area (Å²) >= 11 is 0. The lowest BCUT2D eigenvalue weighted by Gasteiger charge is -2.26. The van der Waals surface area contributed by atoms with E-state index in [1.807, 2.05) is 13.0 Å². The van der Waals surface area contributed by atoms with E-state index in [4.69, 9.17) is 4.74 Å². The minimum absolute atomic E-state index is 0.0171. The number of ether oxygens (including phenoxy) is 1. The highest BCUT2D eigenvalue weighted by atomic mass is 19.1. The summed E-state index contributed by atoms with van der Waals surface area (Å²) in [7, 11) is 1.65. The summed E-state index contributed by atoms with van der Waals surface area (Å²) < 4.78 is 21.1. The quantitative estimate of drug-likeness (QED) is 0.340. The van der Waals surface area contributed by atoms with Crippen molar-refractivity contribution in [3.63, 3.8) is 0 Å². The van der Waals surface area contributed by atoms with E-state index in [1.54, 1.807) is 31.3 Å². The van der Waals surface area contributed by atoms with Gasteiger partial charge in [0.2, 0.25) is 0 Å². The topological polar surface area (TPSA) is 135 Å². The Balaban J connectivity index is 1.24. The average molecular weight is 571 g/mol. The molecular formula is C30H27FN6O5. The number of rotatable bonds is 6. The molecule has 12 heteroatoms. The Kier molecular flexibility index (Phi) is 6.68. The predicted molar refractivity (Wildman–Crippen MR) is 149 cm³/mol. The van der Waals surface area contributed by atoms with Crippen molar-refractivity contribution in [3.05, 3.63) is 87.6 Å². The maximum absolute atomic E-state index is 14.6. The van der Waals surface area contributed by atoms with Crippen LogP contribution in [0.4, 0.5) is 10.1 Å². The molecule has 4 aromatic rings. The zero-order valence-corrected chi connectivity index (χ0v) is 23.2. The van der Waals surface area contributed by atoms with Crippen LogP contribution in [-0.4, -0.2) is 51.8 Å². The standard InChI is InChI=1S/C30H27FN6O5/c1-15-18(16(2)38)5-6-20-19(15)7-8-22(20)35-30(41)25-11-23(34-28-21(31)13-33-37(25)28)29(40)32-12-17-4-9-26-24(10-17)36(3)27(39)14-42-26/h4-6,9-11,13,22H,7-8,12,14H2,1-3H3,(H,32,40)(H,35,41)/t22-/m0/s1. The number of nitrogens with zero attached hydrogens (tertiary/aromatic N) is 4. The number of ketones is 1. The van der Waals surface area contributed by atoms with Gasteiger partial charge in [0, 0.05) is 25.2 Å². The Morgan fingerprint density at radius 1 is 1.14 bits per heavy atom. The molecule has 0 fully saturated rings. The number of hydrogen-bond acceptors (Lipinski definition) is 7. The van der Waals surface area contributed by atoms with Crippen LogP contribution in [0.15, 0.2) is 42.6 Å². The second-order valence-electron chi connectivity index (χ2n) is 10.4. The van der Waals surface area contributed by atoms with Gasteiger partial charge in [-0.2, -0.15) is 5.10 Å². The first kappa shape index (κ1) is 27.1. The first-order valence-corrected chi connectivity index (χ1v) is 13.4. The molecule has 2 N–H and O–H groups in total. The normalized spacial score (nSPS) is 15.7. The molecule has 1 aliphatic carbocycles. The number of Topliss-reactive ketones (excluding diaryl/α,β-unsaturated/α-hetero) is 1. The third kappa shape index (κ3) is 4.64. The van der Waals surface area contributed by atoms with E-state index in [9.17, 15) is 23.6 Å². The first-order chi connectivity index (χ1) is 20.1. The fraction of sp³-hybridized carbons (Fsp3) is 0.267. The molecule has 1 aliphatic heterocycles. The van der Waals surface area contributed by atoms with Gasteiger partial charge in [0.25, 0.3) is 17.7 Å². The highest BCUT2D eigenvalue weighted by molar-refractivity contribution is 5.99. The lowest BCUT2D eigenvalue weighted by Crippen LogP contribution is -2.35. The third-order valence-corrected chi connectivity index (χ3v) is 7.83. The van der Waals surface area contributed by atoms with Crippen LogP contribution < -0.4 is 20.3 Å². The summed E-state index contributed by atoms with van der Waals surface area (Å²) in [5, 5.41) is 9.68. The molecule has 0 bridgehead atoms. The van der Waals surface area contributed by atoms with E-state index < -0.39 is 17.6 Å². The van der Waals surface area contributed by atoms with E-state index >= 15 is 0 Å². The molecule has 42 heavy (non-hydrogen) atoms. The molecule has 1 atom stereocenters. The number of fused-ring (bicyclic) bond motifs is 3. The van der Waals surface area contributed by atoms with Gasteiger partial charge in [-0.05, 0) is 61.1 Å². The maximum Gasteiger partial charge on any atom is 0.270 e. The minimum Gasteiger partial charge on any atom is -0.482 e. The number of likely N-dealkylation sites (N-methyl/N-ethyl adjacent to an activating group) is 1. The second kappa shape index (κ2) is 10.4. The van der Waals surface area contributed by atoms with Crippen molar-refractivity contribution in [3.8, 4) is 5.75 Å². The van der Waals surface area contributed by atoms with Gasteiger partial charge in [0.05, 0.1) is 17.9 Å². The van der Waals surface area contributed by atoms with Crippen LogP contribution in [0.1, 0.15) is 73.0 Å². The van der Waals surface area contributed by atoms with Crippen molar-refractivity contribution in [2.45, 2.75) is 39.3 Å². The van der Waals surface area contributed by atoms with Gasteiger partial charge < -0.3 is 20.3 Å². The smallest absolute Gasteiger partial charge is 0.270 e. The van der Waals surface area contributed by atoms with Crippen molar-refractivity contribution in [1.82, 2.24) is 25.2 Å². The number of hydrogen-bond donors (Lipinski definition) is 2. The molecule has 0 saturated carbocycles. The fourth-order valence-corrected chi connectivity index (χ4v) is 5.56. The van der Waals surface area contributed by atoms with E-state index in [1.165, 1.54) is 17.9 Å². The predicted octanol–water partition coefficient (Wildman–Crippen LogP) is 3.08. The molecular weight excluding hydrogens is 543 g/mol. The number of halogens is 1. The molecule has 0 saturated heterocycles. The average Bonchev–Trinajstić information content (AvgIpc) is 3.57. The molecule has 11 nitrogen and oxygen atoms in total. The Morgan fingerprint density at radius 3 is 2.74 bits per heavy atom. The molecule has 214 valence electrons. The van der Waals surface area contributed by atoms with Crippen LogP contribution in [0.3, 0.4) is 0 Å². The molecule has 2 aromatic carbocycles. The Labute approximate surface area is 239 Å². The summed E-state index contributed by atoms with van der Waals surface area (Å²) in [4.78, 5) is 56.2. The molecule has 3 heterocycles. The summed E-state index contributed by atoms with van der Waals surface area (Å²) in [5.41, 5.74) is 4.33. The van der Waals surface area contributed by atoms with Crippen molar-refractivity contribution >= 4 is 34.8 Å². The lowest BCUT2D eigenvalue weighted by molar-refractivity contribution is -0.121. The Morgan fingerprint density at radius 2 is 1.95 bits per heavy atom. The van der Waals surface area contributed by atoms with Gasteiger partial charge >= 0.3 is 0 Å². The number of amides is 3. The van der Waals surface area contributed by atoms with Gasteiger partial charge in [-0.1, -0.05) is 18.2 Å². The third-order valence-electron chi connectivity index (χ3n) is 7.83. The molecule has 0 radical (unpaired) electrons. The van der Waals surface area contributed by atoms with Crippen LogP contribution >= 0.6 is 0 Å². The van der Waals surface area contributed by atoms with Crippen LogP contribution in [0.2, 0.25) is 0 Å². The van der Waals surface area contributed by atoms with Gasteiger partial charge in [-0.25, -0.2) is 13.9 Å². The zero-order valence-electron chi connectivity index (χ0n) is 23.2. The molecule has 3 amide bonds. The van der Waals surface area contributed by atoms with Crippen LogP contribution in [0.5, 0.6) is 5.75 Å². The summed E-state index contributed by atoms with van der Waals surface area (Å²) in [6, 6.07) is 9.78. The number of benzene rings is 2. The number of anilines is 1. The van der Waals surface area contributed by atoms with Crippen LogP contribution in [-0.2, 0) is 17.8 Å². The number of aromatic nitrogens is 3. The summed E-state index contributed by atoms with van der Waals surface area (Å²) in [5.74, 6) is -1.59. The molecule has 0 unspecified atom stereocenters. The molecule has 0 spiro atoms. The molecule has 2 aromatic heterocycles. The van der Waals surface area contributed by atoms with Crippen molar-refractivity contribution in [2.75, 3.05) is 18.6 Å². The maximum atomic E-state index is 14.6. The minimum atomic E-state index is -0.778. The SMILES string of the molecule is CC(=O)c1ccc2c(c1C)CC[C@@H]2NC(=O)c1cc(C(=O)NCc2ccc3c(c2)N(C)C(=O)CO3)nc2c(F)cnn12. The first-order valence-electron chi connectivity index (χ1n) is 13.4. The monoisotopic (exact) mass is 570 g/mol. The Hall–Kier alpha value is -5.13. The van der Waals surface area contributed by atoms with E-state index in [2.05, 4.69) is 20.7 Å².